The first-order valence-electron chi connectivity index (χ1n) is 6.50. The summed E-state index contributed by atoms with van der Waals surface area (Å²) >= 11 is 0. The lowest BCUT2D eigenvalue weighted by Gasteiger charge is -2.17. The lowest BCUT2D eigenvalue weighted by molar-refractivity contribution is -0.143. The van der Waals surface area contributed by atoms with Gasteiger partial charge in [-0.25, -0.2) is 4.98 Å². The van der Waals surface area contributed by atoms with Crippen molar-refractivity contribution in [2.45, 2.75) is 13.3 Å². The van der Waals surface area contributed by atoms with Crippen LogP contribution in [0.25, 0.3) is 0 Å². The van der Waals surface area contributed by atoms with Crippen molar-refractivity contribution < 1.29 is 14.3 Å². The van der Waals surface area contributed by atoms with Crippen molar-refractivity contribution in [1.82, 2.24) is 9.88 Å². The Hall–Kier alpha value is -2.11. The first-order valence-corrected chi connectivity index (χ1v) is 6.50. The summed E-state index contributed by atoms with van der Waals surface area (Å²) in [7, 11) is 5.42. The average molecular weight is 279 g/mol. The molecule has 0 aliphatic heterocycles. The van der Waals surface area contributed by atoms with Crippen LogP contribution in [-0.4, -0.2) is 56.1 Å². The van der Waals surface area contributed by atoms with E-state index in [0.29, 0.717) is 18.7 Å². The third-order valence-corrected chi connectivity index (χ3v) is 2.76. The highest BCUT2D eigenvalue weighted by molar-refractivity contribution is 5.94. The van der Waals surface area contributed by atoms with Gasteiger partial charge in [-0.05, 0) is 19.1 Å². The molecule has 0 unspecified atom stereocenters. The fourth-order valence-corrected chi connectivity index (χ4v) is 1.59. The van der Waals surface area contributed by atoms with Crippen molar-refractivity contribution in [3.05, 3.63) is 23.9 Å². The molecule has 0 saturated carbocycles. The van der Waals surface area contributed by atoms with E-state index in [1.54, 1.807) is 32.3 Å². The maximum absolute atomic E-state index is 12.1. The molecule has 1 heterocycles. The maximum Gasteiger partial charge on any atom is 0.307 e. The van der Waals surface area contributed by atoms with Crippen LogP contribution in [0.15, 0.2) is 18.3 Å². The van der Waals surface area contributed by atoms with Crippen molar-refractivity contribution in [3.8, 4) is 0 Å². The predicted molar refractivity (Wildman–Crippen MR) is 76.8 cm³/mol. The van der Waals surface area contributed by atoms with Gasteiger partial charge in [-0.15, -0.1) is 0 Å². The number of carbonyl (C=O) groups excluding carboxylic acids is 2. The zero-order chi connectivity index (χ0) is 15.1. The molecule has 6 nitrogen and oxygen atoms in total. The number of hydrogen-bond acceptors (Lipinski definition) is 5. The number of amides is 1. The molecule has 1 amide bonds. The second-order valence-corrected chi connectivity index (χ2v) is 4.58. The molecule has 0 fully saturated rings. The van der Waals surface area contributed by atoms with Crippen LogP contribution in [0.2, 0.25) is 0 Å². The number of aromatic nitrogens is 1. The molecule has 0 radical (unpaired) electrons. The molecule has 0 N–H and O–H groups in total. The molecular weight excluding hydrogens is 258 g/mol. The quantitative estimate of drug-likeness (QED) is 0.732. The second-order valence-electron chi connectivity index (χ2n) is 4.58. The van der Waals surface area contributed by atoms with Crippen LogP contribution in [-0.2, 0) is 9.53 Å². The minimum atomic E-state index is -0.298. The van der Waals surface area contributed by atoms with E-state index >= 15 is 0 Å². The summed E-state index contributed by atoms with van der Waals surface area (Å²) < 4.78 is 4.83. The number of esters is 1. The minimum absolute atomic E-state index is 0.160. The van der Waals surface area contributed by atoms with E-state index in [2.05, 4.69) is 4.98 Å². The Morgan fingerprint density at radius 3 is 2.45 bits per heavy atom. The van der Waals surface area contributed by atoms with Crippen LogP contribution in [0.4, 0.5) is 5.82 Å². The molecule has 1 aromatic heterocycles. The topological polar surface area (TPSA) is 62.7 Å². The molecule has 1 rings (SSSR count). The van der Waals surface area contributed by atoms with Gasteiger partial charge in [0.25, 0.3) is 5.91 Å². The van der Waals surface area contributed by atoms with Gasteiger partial charge in [0.2, 0.25) is 0 Å². The zero-order valence-electron chi connectivity index (χ0n) is 12.4. The monoisotopic (exact) mass is 279 g/mol. The molecule has 0 spiro atoms. The normalized spacial score (nSPS) is 10.0. The Morgan fingerprint density at radius 1 is 1.25 bits per heavy atom. The molecule has 0 aliphatic carbocycles. The summed E-state index contributed by atoms with van der Waals surface area (Å²) in [5, 5.41) is 0. The standard InChI is InChI=1S/C14H21N3O3/c1-5-20-13(18)8-9-17(4)14(19)11-6-7-12(15-10-11)16(2)3/h6-7,10H,5,8-9H2,1-4H3. The van der Waals surface area contributed by atoms with E-state index in [0.717, 1.165) is 5.82 Å². The van der Waals surface area contributed by atoms with Gasteiger partial charge >= 0.3 is 5.97 Å². The Labute approximate surface area is 119 Å². The molecule has 6 heteroatoms. The van der Waals surface area contributed by atoms with Gasteiger partial charge in [0, 0.05) is 33.9 Å². The molecule has 110 valence electrons. The summed E-state index contributed by atoms with van der Waals surface area (Å²) in [6.45, 7) is 2.43. The number of nitrogens with zero attached hydrogens (tertiary/aromatic N) is 3. The highest BCUT2D eigenvalue weighted by Crippen LogP contribution is 2.09. The van der Waals surface area contributed by atoms with Crippen molar-refractivity contribution in [1.29, 1.82) is 0 Å². The molecule has 20 heavy (non-hydrogen) atoms. The molecule has 0 aromatic carbocycles. The van der Waals surface area contributed by atoms with Gasteiger partial charge in [0.05, 0.1) is 18.6 Å². The number of ether oxygens (including phenoxy) is 1. The third kappa shape index (κ3) is 4.53. The number of pyridine rings is 1. The SMILES string of the molecule is CCOC(=O)CCN(C)C(=O)c1ccc(N(C)C)nc1. The van der Waals surface area contributed by atoms with E-state index in [1.807, 2.05) is 19.0 Å². The smallest absolute Gasteiger partial charge is 0.307 e. The Morgan fingerprint density at radius 2 is 1.95 bits per heavy atom. The van der Waals surface area contributed by atoms with Crippen LogP contribution in [0, 0.1) is 0 Å². The highest BCUT2D eigenvalue weighted by atomic mass is 16.5. The molecular formula is C14H21N3O3. The molecule has 0 saturated heterocycles. The summed E-state index contributed by atoms with van der Waals surface area (Å²) in [5.41, 5.74) is 0.502. The van der Waals surface area contributed by atoms with Gasteiger partial charge in [0.15, 0.2) is 0 Å². The molecule has 0 atom stereocenters. The number of anilines is 1. The molecule has 0 bridgehead atoms. The van der Waals surface area contributed by atoms with Gasteiger partial charge < -0.3 is 14.5 Å². The molecule has 0 aliphatic rings. The second kappa shape index (κ2) is 7.47. The minimum Gasteiger partial charge on any atom is -0.466 e. The van der Waals surface area contributed by atoms with Crippen molar-refractivity contribution in [2.75, 3.05) is 39.2 Å². The lowest BCUT2D eigenvalue weighted by atomic mass is 10.2. The van der Waals surface area contributed by atoms with E-state index in [9.17, 15) is 9.59 Å². The maximum atomic E-state index is 12.1. The van der Waals surface area contributed by atoms with Crippen LogP contribution < -0.4 is 4.90 Å². The third-order valence-electron chi connectivity index (χ3n) is 2.76. The van der Waals surface area contributed by atoms with Gasteiger partial charge in [-0.3, -0.25) is 9.59 Å². The van der Waals surface area contributed by atoms with E-state index in [1.165, 1.54) is 4.90 Å². The first kappa shape index (κ1) is 15.9. The number of hydrogen-bond donors (Lipinski definition) is 0. The van der Waals surface area contributed by atoms with Gasteiger partial charge in [-0.2, -0.15) is 0 Å². The van der Waals surface area contributed by atoms with E-state index < -0.39 is 0 Å². The van der Waals surface area contributed by atoms with E-state index in [-0.39, 0.29) is 18.3 Å². The fourth-order valence-electron chi connectivity index (χ4n) is 1.59. The van der Waals surface area contributed by atoms with Gasteiger partial charge in [0.1, 0.15) is 5.82 Å². The van der Waals surface area contributed by atoms with Crippen molar-refractivity contribution >= 4 is 17.7 Å². The lowest BCUT2D eigenvalue weighted by Crippen LogP contribution is -2.29. The van der Waals surface area contributed by atoms with Crippen LogP contribution >= 0.6 is 0 Å². The number of carbonyl (C=O) groups is 2. The molecule has 1 aromatic rings. The number of rotatable bonds is 6. The Kier molecular flexibility index (Phi) is 5.96. The van der Waals surface area contributed by atoms with Gasteiger partial charge in [-0.1, -0.05) is 0 Å². The summed E-state index contributed by atoms with van der Waals surface area (Å²) in [5.74, 6) is 0.330. The summed E-state index contributed by atoms with van der Waals surface area (Å²) in [6.07, 6.45) is 1.73. The summed E-state index contributed by atoms with van der Waals surface area (Å²) in [6, 6.07) is 3.51. The zero-order valence-corrected chi connectivity index (χ0v) is 12.4. The van der Waals surface area contributed by atoms with E-state index in [4.69, 9.17) is 4.74 Å². The fraction of sp³-hybridized carbons (Fsp3) is 0.500. The van der Waals surface area contributed by atoms with Crippen LogP contribution in [0.1, 0.15) is 23.7 Å². The van der Waals surface area contributed by atoms with Crippen LogP contribution in [0.3, 0.4) is 0 Å². The largest absolute Gasteiger partial charge is 0.466 e. The van der Waals surface area contributed by atoms with Crippen LogP contribution in [0.5, 0.6) is 0 Å². The first-order chi connectivity index (χ1) is 9.45. The van der Waals surface area contributed by atoms with Crippen molar-refractivity contribution in [3.63, 3.8) is 0 Å². The van der Waals surface area contributed by atoms with Crippen molar-refractivity contribution in [2.24, 2.45) is 0 Å². The Balaban J connectivity index is 2.58. The Bertz CT molecular complexity index is 457. The highest BCUT2D eigenvalue weighted by Gasteiger charge is 2.14. The predicted octanol–water partition coefficient (Wildman–Crippen LogP) is 1.17. The average Bonchev–Trinajstić information content (AvgIpc) is 2.44. The summed E-state index contributed by atoms with van der Waals surface area (Å²) in [4.78, 5) is 30.9.